The van der Waals surface area contributed by atoms with Crippen molar-refractivity contribution in [3.63, 3.8) is 0 Å². The third-order valence-corrected chi connectivity index (χ3v) is 4.02. The van der Waals surface area contributed by atoms with Gasteiger partial charge in [-0.05, 0) is 32.0 Å². The maximum absolute atomic E-state index is 12.5. The topological polar surface area (TPSA) is 59.4 Å². The van der Waals surface area contributed by atoms with Crippen LogP contribution >= 0.6 is 0 Å². The van der Waals surface area contributed by atoms with E-state index in [-0.39, 0.29) is 5.91 Å². The molecule has 23 heavy (non-hydrogen) atoms. The van der Waals surface area contributed by atoms with E-state index in [0.29, 0.717) is 18.9 Å². The van der Waals surface area contributed by atoms with E-state index in [9.17, 15) is 4.79 Å². The minimum absolute atomic E-state index is 0.180. The van der Waals surface area contributed by atoms with Gasteiger partial charge in [-0.2, -0.15) is 5.10 Å². The number of carbonyl (C=O) groups is 1. The molecule has 0 unspecified atom stereocenters. The third kappa shape index (κ3) is 3.37. The van der Waals surface area contributed by atoms with Crippen LogP contribution < -0.4 is 10.2 Å². The number of rotatable bonds is 4. The van der Waals surface area contributed by atoms with Gasteiger partial charge in [0, 0.05) is 25.3 Å². The Bertz CT molecular complexity index is 690. The molecule has 1 aromatic carbocycles. The highest BCUT2D eigenvalue weighted by Crippen LogP contribution is 2.26. The number of nitrogens with one attached hydrogen (secondary N) is 1. The van der Waals surface area contributed by atoms with Gasteiger partial charge in [0.15, 0.2) is 5.69 Å². The van der Waals surface area contributed by atoms with Crippen molar-refractivity contribution < 1.29 is 9.53 Å². The normalized spacial score (nSPS) is 14.8. The van der Waals surface area contributed by atoms with Crippen molar-refractivity contribution >= 4 is 17.3 Å². The largest absolute Gasteiger partial charge is 0.378 e. The molecule has 0 spiro atoms. The second-order valence-corrected chi connectivity index (χ2v) is 5.56. The molecule has 0 atom stereocenters. The van der Waals surface area contributed by atoms with Crippen molar-refractivity contribution in [3.8, 4) is 0 Å². The Labute approximate surface area is 136 Å². The van der Waals surface area contributed by atoms with Gasteiger partial charge in [-0.25, -0.2) is 0 Å². The number of carbonyl (C=O) groups excluding carboxylic acids is 1. The summed E-state index contributed by atoms with van der Waals surface area (Å²) in [4.78, 5) is 14.7. The Morgan fingerprint density at radius 1 is 1.30 bits per heavy atom. The molecule has 122 valence electrons. The van der Waals surface area contributed by atoms with Crippen LogP contribution in [0.1, 0.15) is 23.1 Å². The number of ether oxygens (including phenoxy) is 1. The molecule has 1 aliphatic rings. The molecule has 6 heteroatoms. The van der Waals surface area contributed by atoms with Crippen LogP contribution in [0.2, 0.25) is 0 Å². The molecule has 1 amide bonds. The molecule has 1 saturated heterocycles. The SMILES string of the molecule is CCn1nc(C(=O)Nc2ccccc2N2CCOCC2)cc1C. The first-order valence-corrected chi connectivity index (χ1v) is 7.96. The fourth-order valence-corrected chi connectivity index (χ4v) is 2.79. The van der Waals surface area contributed by atoms with E-state index in [1.165, 1.54) is 0 Å². The van der Waals surface area contributed by atoms with Crippen molar-refractivity contribution in [3.05, 3.63) is 41.7 Å². The smallest absolute Gasteiger partial charge is 0.276 e. The van der Waals surface area contributed by atoms with Crippen molar-refractivity contribution in [2.75, 3.05) is 36.5 Å². The predicted octanol–water partition coefficient (Wildman–Crippen LogP) is 2.30. The summed E-state index contributed by atoms with van der Waals surface area (Å²) >= 11 is 0. The molecule has 1 aromatic heterocycles. The number of nitrogens with zero attached hydrogens (tertiary/aromatic N) is 3. The fraction of sp³-hybridized carbons (Fsp3) is 0.412. The number of amides is 1. The van der Waals surface area contributed by atoms with Gasteiger partial charge >= 0.3 is 0 Å². The van der Waals surface area contributed by atoms with Crippen LogP contribution in [0.25, 0.3) is 0 Å². The zero-order valence-electron chi connectivity index (χ0n) is 13.6. The van der Waals surface area contributed by atoms with Crippen LogP contribution in [-0.2, 0) is 11.3 Å². The van der Waals surface area contributed by atoms with Crippen molar-refractivity contribution in [1.82, 2.24) is 9.78 Å². The standard InChI is InChI=1S/C17H22N4O2/c1-3-21-13(2)12-15(19-21)17(22)18-14-6-4-5-7-16(14)20-8-10-23-11-9-20/h4-7,12H,3,8-11H2,1-2H3,(H,18,22). The monoisotopic (exact) mass is 314 g/mol. The first-order valence-electron chi connectivity index (χ1n) is 7.96. The first-order chi connectivity index (χ1) is 11.2. The van der Waals surface area contributed by atoms with E-state index < -0.39 is 0 Å². The molecule has 1 aliphatic heterocycles. The minimum Gasteiger partial charge on any atom is -0.378 e. The summed E-state index contributed by atoms with van der Waals surface area (Å²) in [6.07, 6.45) is 0. The van der Waals surface area contributed by atoms with E-state index in [0.717, 1.165) is 36.7 Å². The molecule has 0 saturated carbocycles. The van der Waals surface area contributed by atoms with Crippen LogP contribution in [0, 0.1) is 6.92 Å². The highest BCUT2D eigenvalue weighted by Gasteiger charge is 2.17. The van der Waals surface area contributed by atoms with Crippen molar-refractivity contribution in [2.45, 2.75) is 20.4 Å². The number of para-hydroxylation sites is 2. The second-order valence-electron chi connectivity index (χ2n) is 5.56. The maximum atomic E-state index is 12.5. The summed E-state index contributed by atoms with van der Waals surface area (Å²) in [5.41, 5.74) is 3.26. The van der Waals surface area contributed by atoms with Crippen molar-refractivity contribution in [1.29, 1.82) is 0 Å². The van der Waals surface area contributed by atoms with Gasteiger partial charge in [0.05, 0.1) is 24.6 Å². The minimum atomic E-state index is -0.180. The molecular weight excluding hydrogens is 292 g/mol. The average Bonchev–Trinajstić information content (AvgIpc) is 2.97. The molecule has 2 aromatic rings. The van der Waals surface area contributed by atoms with Gasteiger partial charge in [-0.3, -0.25) is 9.48 Å². The number of anilines is 2. The third-order valence-electron chi connectivity index (χ3n) is 4.02. The number of aryl methyl sites for hydroxylation is 2. The van der Waals surface area contributed by atoms with Crippen LogP contribution in [0.4, 0.5) is 11.4 Å². The molecule has 6 nitrogen and oxygen atoms in total. The van der Waals surface area contributed by atoms with Crippen molar-refractivity contribution in [2.24, 2.45) is 0 Å². The average molecular weight is 314 g/mol. The van der Waals surface area contributed by atoms with Crippen LogP contribution in [-0.4, -0.2) is 42.0 Å². The molecule has 1 N–H and O–H groups in total. The molecule has 0 radical (unpaired) electrons. The van der Waals surface area contributed by atoms with Crippen LogP contribution in [0.5, 0.6) is 0 Å². The summed E-state index contributed by atoms with van der Waals surface area (Å²) in [5.74, 6) is -0.180. The Morgan fingerprint density at radius 2 is 2.04 bits per heavy atom. The molecule has 0 aliphatic carbocycles. The summed E-state index contributed by atoms with van der Waals surface area (Å²) in [5, 5.41) is 7.33. The molecule has 2 heterocycles. The van der Waals surface area contributed by atoms with Crippen LogP contribution in [0.3, 0.4) is 0 Å². The molecule has 3 rings (SSSR count). The Kier molecular flexibility index (Phi) is 4.62. The van der Waals surface area contributed by atoms with Gasteiger partial charge in [-0.1, -0.05) is 12.1 Å². The van der Waals surface area contributed by atoms with E-state index in [2.05, 4.69) is 15.3 Å². The quantitative estimate of drug-likeness (QED) is 0.941. The Balaban J connectivity index is 1.80. The Morgan fingerprint density at radius 3 is 2.74 bits per heavy atom. The zero-order chi connectivity index (χ0) is 16.2. The van der Waals surface area contributed by atoms with E-state index in [4.69, 9.17) is 4.74 Å². The molecular formula is C17H22N4O2. The maximum Gasteiger partial charge on any atom is 0.276 e. The summed E-state index contributed by atoms with van der Waals surface area (Å²) in [6, 6.07) is 9.67. The van der Waals surface area contributed by atoms with Crippen LogP contribution in [0.15, 0.2) is 30.3 Å². The number of morpholine rings is 1. The van der Waals surface area contributed by atoms with E-state index in [1.807, 2.05) is 48.9 Å². The van der Waals surface area contributed by atoms with Gasteiger partial charge in [-0.15, -0.1) is 0 Å². The highest BCUT2D eigenvalue weighted by molar-refractivity contribution is 6.04. The zero-order valence-corrected chi connectivity index (χ0v) is 13.6. The van der Waals surface area contributed by atoms with Gasteiger partial charge < -0.3 is 15.0 Å². The van der Waals surface area contributed by atoms with Gasteiger partial charge in [0.2, 0.25) is 0 Å². The van der Waals surface area contributed by atoms with Gasteiger partial charge in [0.1, 0.15) is 0 Å². The lowest BCUT2D eigenvalue weighted by Gasteiger charge is -2.30. The molecule has 1 fully saturated rings. The number of aromatic nitrogens is 2. The second kappa shape index (κ2) is 6.83. The van der Waals surface area contributed by atoms with Gasteiger partial charge in [0.25, 0.3) is 5.91 Å². The predicted molar refractivity (Wildman–Crippen MR) is 90.1 cm³/mol. The number of benzene rings is 1. The lowest BCUT2D eigenvalue weighted by Crippen LogP contribution is -2.36. The van der Waals surface area contributed by atoms with E-state index in [1.54, 1.807) is 0 Å². The molecule has 0 bridgehead atoms. The summed E-state index contributed by atoms with van der Waals surface area (Å²) in [7, 11) is 0. The number of hydrogen-bond donors (Lipinski definition) is 1. The first kappa shape index (κ1) is 15.6. The highest BCUT2D eigenvalue weighted by atomic mass is 16.5. The Hall–Kier alpha value is -2.34. The van der Waals surface area contributed by atoms with E-state index >= 15 is 0 Å². The summed E-state index contributed by atoms with van der Waals surface area (Å²) in [6.45, 7) is 7.80. The summed E-state index contributed by atoms with van der Waals surface area (Å²) < 4.78 is 7.22. The number of hydrogen-bond acceptors (Lipinski definition) is 4. The lowest BCUT2D eigenvalue weighted by molar-refractivity contribution is 0.102. The lowest BCUT2D eigenvalue weighted by atomic mass is 10.2. The fourth-order valence-electron chi connectivity index (χ4n) is 2.79.